The summed E-state index contributed by atoms with van der Waals surface area (Å²) in [5.74, 6) is 0.420. The number of ether oxygens (including phenoxy) is 2. The van der Waals surface area contributed by atoms with Crippen LogP contribution in [0.3, 0.4) is 0 Å². The van der Waals surface area contributed by atoms with Crippen molar-refractivity contribution in [2.24, 2.45) is 5.92 Å². The zero-order chi connectivity index (χ0) is 9.97. The van der Waals surface area contributed by atoms with Gasteiger partial charge >= 0.3 is 0 Å². The summed E-state index contributed by atoms with van der Waals surface area (Å²) >= 11 is 0. The van der Waals surface area contributed by atoms with Crippen molar-refractivity contribution in [1.82, 2.24) is 0 Å². The second-order valence-corrected chi connectivity index (χ2v) is 3.98. The molecule has 1 fully saturated rings. The lowest BCUT2D eigenvalue weighted by Crippen LogP contribution is -2.15. The second-order valence-electron chi connectivity index (χ2n) is 3.98. The van der Waals surface area contributed by atoms with E-state index in [1.165, 1.54) is 5.56 Å². The van der Waals surface area contributed by atoms with Crippen LogP contribution >= 0.6 is 0 Å². The Balaban J connectivity index is 2.03. The number of benzene rings is 1. The molecule has 0 saturated carbocycles. The zero-order valence-corrected chi connectivity index (χ0v) is 8.64. The molecule has 2 heteroatoms. The van der Waals surface area contributed by atoms with E-state index in [-0.39, 0.29) is 12.4 Å². The van der Waals surface area contributed by atoms with Gasteiger partial charge in [-0.1, -0.05) is 44.2 Å². The molecule has 0 N–H and O–H groups in total. The van der Waals surface area contributed by atoms with Crippen molar-refractivity contribution in [3.8, 4) is 0 Å². The first kappa shape index (κ1) is 9.69. The minimum absolute atomic E-state index is 0.0415. The largest absolute Gasteiger partial charge is 0.349 e. The Labute approximate surface area is 84.8 Å². The van der Waals surface area contributed by atoms with Gasteiger partial charge in [0.1, 0.15) is 6.10 Å². The lowest BCUT2D eigenvalue weighted by atomic mass is 10.1. The molecule has 14 heavy (non-hydrogen) atoms. The standard InChI is InChI=1S/C12H16O2/c1-9(2)12-13-8-11(14-12)10-6-4-3-5-7-10/h3-7,9,11-12H,8H2,1-2H3/t11-,12-/m0/s1. The molecule has 1 aliphatic heterocycles. The third-order valence-electron chi connectivity index (χ3n) is 2.43. The van der Waals surface area contributed by atoms with Crippen molar-refractivity contribution < 1.29 is 9.47 Å². The first-order valence-electron chi connectivity index (χ1n) is 5.09. The Hall–Kier alpha value is -0.860. The van der Waals surface area contributed by atoms with Gasteiger partial charge < -0.3 is 9.47 Å². The molecule has 1 saturated heterocycles. The van der Waals surface area contributed by atoms with Crippen LogP contribution in [0.1, 0.15) is 25.5 Å². The molecule has 2 nitrogen and oxygen atoms in total. The second kappa shape index (κ2) is 4.11. The van der Waals surface area contributed by atoms with Gasteiger partial charge in [0, 0.05) is 5.92 Å². The highest BCUT2D eigenvalue weighted by Crippen LogP contribution is 2.29. The van der Waals surface area contributed by atoms with Gasteiger partial charge in [-0.2, -0.15) is 0 Å². The molecule has 0 aliphatic carbocycles. The molecule has 2 atom stereocenters. The number of hydrogen-bond acceptors (Lipinski definition) is 2. The Morgan fingerprint density at radius 2 is 1.93 bits per heavy atom. The van der Waals surface area contributed by atoms with Gasteiger partial charge in [0.25, 0.3) is 0 Å². The van der Waals surface area contributed by atoms with Crippen molar-refractivity contribution in [3.05, 3.63) is 35.9 Å². The maximum Gasteiger partial charge on any atom is 0.160 e. The van der Waals surface area contributed by atoms with E-state index >= 15 is 0 Å². The minimum Gasteiger partial charge on any atom is -0.349 e. The Kier molecular flexibility index (Phi) is 2.85. The molecular formula is C12H16O2. The molecule has 76 valence electrons. The molecule has 0 aromatic heterocycles. The molecule has 0 spiro atoms. The predicted molar refractivity (Wildman–Crippen MR) is 54.8 cm³/mol. The lowest BCUT2D eigenvalue weighted by molar-refractivity contribution is -0.0877. The zero-order valence-electron chi connectivity index (χ0n) is 8.64. The Bertz CT molecular complexity index is 282. The quantitative estimate of drug-likeness (QED) is 0.717. The van der Waals surface area contributed by atoms with Crippen molar-refractivity contribution in [1.29, 1.82) is 0 Å². The van der Waals surface area contributed by atoms with Crippen LogP contribution in [-0.4, -0.2) is 12.9 Å². The first-order valence-corrected chi connectivity index (χ1v) is 5.09. The maximum atomic E-state index is 5.79. The van der Waals surface area contributed by atoms with E-state index in [2.05, 4.69) is 26.0 Å². The molecule has 0 bridgehead atoms. The summed E-state index contributed by atoms with van der Waals surface area (Å²) in [5, 5.41) is 0. The molecule has 1 aromatic rings. The van der Waals surface area contributed by atoms with Gasteiger partial charge in [-0.25, -0.2) is 0 Å². The highest BCUT2D eigenvalue weighted by molar-refractivity contribution is 5.18. The molecule has 0 amide bonds. The van der Waals surface area contributed by atoms with Crippen LogP contribution in [0.15, 0.2) is 30.3 Å². The highest BCUT2D eigenvalue weighted by atomic mass is 16.7. The smallest absolute Gasteiger partial charge is 0.160 e. The van der Waals surface area contributed by atoms with Gasteiger partial charge in [0.15, 0.2) is 6.29 Å². The summed E-state index contributed by atoms with van der Waals surface area (Å²) in [6, 6.07) is 10.2. The maximum absolute atomic E-state index is 5.79. The molecular weight excluding hydrogens is 176 g/mol. The van der Waals surface area contributed by atoms with Crippen molar-refractivity contribution >= 4 is 0 Å². The fourth-order valence-corrected chi connectivity index (χ4v) is 1.61. The fourth-order valence-electron chi connectivity index (χ4n) is 1.61. The van der Waals surface area contributed by atoms with Crippen LogP contribution in [0.2, 0.25) is 0 Å². The van der Waals surface area contributed by atoms with E-state index in [1.807, 2.05) is 18.2 Å². The number of rotatable bonds is 2. The van der Waals surface area contributed by atoms with Gasteiger partial charge in [-0.15, -0.1) is 0 Å². The summed E-state index contributed by atoms with van der Waals surface area (Å²) in [6.07, 6.45) is 0.0730. The van der Waals surface area contributed by atoms with E-state index in [0.717, 1.165) is 0 Å². The monoisotopic (exact) mass is 192 g/mol. The lowest BCUT2D eigenvalue weighted by Gasteiger charge is -2.14. The van der Waals surface area contributed by atoms with Crippen LogP contribution in [0.25, 0.3) is 0 Å². The highest BCUT2D eigenvalue weighted by Gasteiger charge is 2.28. The summed E-state index contributed by atoms with van der Waals surface area (Å²) in [6.45, 7) is 4.89. The Morgan fingerprint density at radius 1 is 1.21 bits per heavy atom. The van der Waals surface area contributed by atoms with E-state index in [1.54, 1.807) is 0 Å². The average Bonchev–Trinajstić information content (AvgIpc) is 2.68. The van der Waals surface area contributed by atoms with Gasteiger partial charge in [0.2, 0.25) is 0 Å². The molecule has 2 rings (SSSR count). The van der Waals surface area contributed by atoms with Crippen molar-refractivity contribution in [3.63, 3.8) is 0 Å². The van der Waals surface area contributed by atoms with Crippen LogP contribution in [0, 0.1) is 5.92 Å². The molecule has 0 radical (unpaired) electrons. The number of hydrogen-bond donors (Lipinski definition) is 0. The predicted octanol–water partition coefficient (Wildman–Crippen LogP) is 2.76. The van der Waals surface area contributed by atoms with Crippen molar-refractivity contribution in [2.45, 2.75) is 26.2 Å². The SMILES string of the molecule is CC(C)[C@H]1OC[C@@H](c2ccccc2)O1. The van der Waals surface area contributed by atoms with E-state index in [0.29, 0.717) is 12.5 Å². The van der Waals surface area contributed by atoms with E-state index in [9.17, 15) is 0 Å². The van der Waals surface area contributed by atoms with Crippen LogP contribution < -0.4 is 0 Å². The van der Waals surface area contributed by atoms with Gasteiger partial charge in [-0.3, -0.25) is 0 Å². The van der Waals surface area contributed by atoms with Crippen LogP contribution in [0.5, 0.6) is 0 Å². The van der Waals surface area contributed by atoms with E-state index in [4.69, 9.17) is 9.47 Å². The Morgan fingerprint density at radius 3 is 2.50 bits per heavy atom. The fraction of sp³-hybridized carbons (Fsp3) is 0.500. The summed E-state index contributed by atoms with van der Waals surface area (Å²) in [7, 11) is 0. The third kappa shape index (κ3) is 1.97. The topological polar surface area (TPSA) is 18.5 Å². The molecule has 1 heterocycles. The van der Waals surface area contributed by atoms with E-state index < -0.39 is 0 Å². The van der Waals surface area contributed by atoms with Gasteiger partial charge in [-0.05, 0) is 5.56 Å². The molecule has 0 unspecified atom stereocenters. The molecule has 1 aliphatic rings. The van der Waals surface area contributed by atoms with Gasteiger partial charge in [0.05, 0.1) is 6.61 Å². The van der Waals surface area contributed by atoms with Crippen LogP contribution in [-0.2, 0) is 9.47 Å². The van der Waals surface area contributed by atoms with Crippen molar-refractivity contribution in [2.75, 3.05) is 6.61 Å². The third-order valence-corrected chi connectivity index (χ3v) is 2.43. The minimum atomic E-state index is -0.0415. The summed E-state index contributed by atoms with van der Waals surface area (Å²) in [5.41, 5.74) is 1.20. The normalized spacial score (nSPS) is 27.1. The first-order chi connectivity index (χ1) is 6.77. The average molecular weight is 192 g/mol. The molecule has 1 aromatic carbocycles. The summed E-state index contributed by atoms with van der Waals surface area (Å²) < 4.78 is 11.3. The van der Waals surface area contributed by atoms with Crippen LogP contribution in [0.4, 0.5) is 0 Å². The summed E-state index contributed by atoms with van der Waals surface area (Å²) in [4.78, 5) is 0.